The van der Waals surface area contributed by atoms with Crippen LogP contribution in [0.2, 0.25) is 0 Å². The second-order valence-electron chi connectivity index (χ2n) is 6.46. The van der Waals surface area contributed by atoms with E-state index in [9.17, 15) is 14.7 Å². The van der Waals surface area contributed by atoms with E-state index in [2.05, 4.69) is 0 Å². The van der Waals surface area contributed by atoms with E-state index in [4.69, 9.17) is 9.47 Å². The summed E-state index contributed by atoms with van der Waals surface area (Å²) in [5.41, 5.74) is -3.03. The van der Waals surface area contributed by atoms with Gasteiger partial charge in [0.2, 0.25) is 5.60 Å². The molecule has 0 amide bonds. The fourth-order valence-corrected chi connectivity index (χ4v) is 1.98. The van der Waals surface area contributed by atoms with Gasteiger partial charge in [0, 0.05) is 11.5 Å². The fraction of sp³-hybridized carbons (Fsp3) is 0.529. The van der Waals surface area contributed by atoms with E-state index >= 15 is 0 Å². The third-order valence-electron chi connectivity index (χ3n) is 3.06. The molecule has 0 aliphatic heterocycles. The van der Waals surface area contributed by atoms with E-state index in [1.807, 2.05) is 0 Å². The van der Waals surface area contributed by atoms with Crippen LogP contribution in [-0.4, -0.2) is 29.6 Å². The van der Waals surface area contributed by atoms with Gasteiger partial charge in [0.25, 0.3) is 0 Å². The van der Waals surface area contributed by atoms with Gasteiger partial charge in [0.15, 0.2) is 5.78 Å². The number of Topliss-reactive ketones (excluding diaryl/α,β-unsaturated/α-hetero) is 1. The summed E-state index contributed by atoms with van der Waals surface area (Å²) in [5.74, 6) is -1.69. The average Bonchev–Trinajstić information content (AvgIpc) is 2.43. The highest BCUT2D eigenvalue weighted by Gasteiger charge is 2.49. The highest BCUT2D eigenvalue weighted by molar-refractivity contribution is 6.08. The number of methoxy groups -OCH3 is 1. The Morgan fingerprint density at radius 1 is 1.18 bits per heavy atom. The molecule has 0 aliphatic carbocycles. The molecule has 1 unspecified atom stereocenters. The monoisotopic (exact) mass is 308 g/mol. The van der Waals surface area contributed by atoms with Gasteiger partial charge in [-0.15, -0.1) is 0 Å². The minimum atomic E-state index is -2.35. The van der Waals surface area contributed by atoms with Gasteiger partial charge >= 0.3 is 5.97 Å². The Hall–Kier alpha value is -1.88. The number of hydrogen-bond donors (Lipinski definition) is 1. The molecule has 0 fully saturated rings. The van der Waals surface area contributed by atoms with Crippen LogP contribution >= 0.6 is 0 Å². The molecule has 5 nitrogen and oxygen atoms in total. The molecular formula is C17H24O5. The van der Waals surface area contributed by atoms with E-state index in [1.54, 1.807) is 46.8 Å². The topological polar surface area (TPSA) is 72.8 Å². The number of ketones is 1. The summed E-state index contributed by atoms with van der Waals surface area (Å²) in [5, 5.41) is 10.9. The summed E-state index contributed by atoms with van der Waals surface area (Å²) in [6.07, 6.45) is 0. The van der Waals surface area contributed by atoms with Crippen molar-refractivity contribution in [2.45, 2.75) is 45.8 Å². The lowest BCUT2D eigenvalue weighted by Gasteiger charge is -2.30. The van der Waals surface area contributed by atoms with E-state index in [0.717, 1.165) is 0 Å². The molecular weight excluding hydrogens is 284 g/mol. The SMILES string of the molecule is COc1cccc(C(O)(C(=O)OC(C)(C)C)C(=O)C(C)C)c1. The van der Waals surface area contributed by atoms with E-state index in [0.29, 0.717) is 5.75 Å². The quantitative estimate of drug-likeness (QED) is 0.668. The summed E-state index contributed by atoms with van der Waals surface area (Å²) < 4.78 is 10.3. The summed E-state index contributed by atoms with van der Waals surface area (Å²) in [7, 11) is 1.47. The van der Waals surface area contributed by atoms with Crippen LogP contribution in [0.1, 0.15) is 40.2 Å². The van der Waals surface area contributed by atoms with Crippen molar-refractivity contribution in [1.29, 1.82) is 0 Å². The normalized spacial score (nSPS) is 14.4. The van der Waals surface area contributed by atoms with Gasteiger partial charge in [0.05, 0.1) is 7.11 Å². The molecule has 1 aromatic rings. The molecule has 0 aromatic heterocycles. The fourth-order valence-electron chi connectivity index (χ4n) is 1.98. The highest BCUT2D eigenvalue weighted by atomic mass is 16.6. The van der Waals surface area contributed by atoms with Gasteiger partial charge in [0.1, 0.15) is 11.4 Å². The van der Waals surface area contributed by atoms with Crippen LogP contribution in [0.25, 0.3) is 0 Å². The lowest BCUT2D eigenvalue weighted by atomic mass is 9.84. The standard InChI is InChI=1S/C17H24O5/c1-11(2)14(18)17(20,15(19)22-16(3,4)5)12-8-7-9-13(10-12)21-6/h7-11,20H,1-6H3. The van der Waals surface area contributed by atoms with E-state index in [-0.39, 0.29) is 5.56 Å². The van der Waals surface area contributed by atoms with Crippen molar-refractivity contribution in [2.75, 3.05) is 7.11 Å². The molecule has 0 radical (unpaired) electrons. The molecule has 0 heterocycles. The summed E-state index contributed by atoms with van der Waals surface area (Å²) >= 11 is 0. The van der Waals surface area contributed by atoms with Crippen molar-refractivity contribution < 1.29 is 24.2 Å². The number of benzene rings is 1. The maximum absolute atomic E-state index is 12.5. The van der Waals surface area contributed by atoms with Crippen molar-refractivity contribution in [3.05, 3.63) is 29.8 Å². The van der Waals surface area contributed by atoms with Gasteiger partial charge < -0.3 is 14.6 Å². The number of esters is 1. The highest BCUT2D eigenvalue weighted by Crippen LogP contribution is 2.31. The Morgan fingerprint density at radius 2 is 1.77 bits per heavy atom. The second kappa shape index (κ2) is 6.48. The Labute approximate surface area is 131 Å². The molecule has 0 saturated carbocycles. The smallest absolute Gasteiger partial charge is 0.351 e. The van der Waals surface area contributed by atoms with Gasteiger partial charge in [-0.2, -0.15) is 0 Å². The van der Waals surface area contributed by atoms with Crippen LogP contribution in [0.5, 0.6) is 5.75 Å². The molecule has 122 valence electrons. The first-order valence-electron chi connectivity index (χ1n) is 7.17. The van der Waals surface area contributed by atoms with Gasteiger partial charge in [-0.3, -0.25) is 4.79 Å². The van der Waals surface area contributed by atoms with Gasteiger partial charge in [-0.05, 0) is 32.9 Å². The van der Waals surface area contributed by atoms with Crippen LogP contribution in [0.4, 0.5) is 0 Å². The van der Waals surface area contributed by atoms with Crippen molar-refractivity contribution in [2.24, 2.45) is 5.92 Å². The average molecular weight is 308 g/mol. The largest absolute Gasteiger partial charge is 0.497 e. The minimum absolute atomic E-state index is 0.139. The first-order chi connectivity index (χ1) is 10.0. The predicted molar refractivity (Wildman–Crippen MR) is 82.6 cm³/mol. The summed E-state index contributed by atoms with van der Waals surface area (Å²) in [6, 6.07) is 6.24. The number of ether oxygens (including phenoxy) is 2. The van der Waals surface area contributed by atoms with E-state index < -0.39 is 28.9 Å². The van der Waals surface area contributed by atoms with Crippen molar-refractivity contribution in [1.82, 2.24) is 0 Å². The molecule has 0 aliphatic rings. The molecule has 0 bridgehead atoms. The van der Waals surface area contributed by atoms with Crippen LogP contribution < -0.4 is 4.74 Å². The van der Waals surface area contributed by atoms with Gasteiger partial charge in [-0.1, -0.05) is 26.0 Å². The number of rotatable bonds is 5. The third-order valence-corrected chi connectivity index (χ3v) is 3.06. The second-order valence-corrected chi connectivity index (χ2v) is 6.46. The maximum atomic E-state index is 12.5. The predicted octanol–water partition coefficient (Wildman–Crippen LogP) is 2.45. The lowest BCUT2D eigenvalue weighted by molar-refractivity contribution is -0.182. The molecule has 0 spiro atoms. The lowest BCUT2D eigenvalue weighted by Crippen LogP contribution is -2.49. The van der Waals surface area contributed by atoms with Crippen LogP contribution in [0.15, 0.2) is 24.3 Å². The Balaban J connectivity index is 3.39. The third kappa shape index (κ3) is 3.85. The molecule has 1 rings (SSSR count). The summed E-state index contributed by atoms with van der Waals surface area (Å²) in [4.78, 5) is 25.0. The zero-order valence-electron chi connectivity index (χ0n) is 14.0. The first kappa shape index (κ1) is 18.2. The number of carbonyl (C=O) groups is 2. The Kier molecular flexibility index (Phi) is 5.35. The molecule has 1 atom stereocenters. The molecule has 5 heteroatoms. The summed E-state index contributed by atoms with van der Waals surface area (Å²) in [6.45, 7) is 8.28. The van der Waals surface area contributed by atoms with Crippen molar-refractivity contribution >= 4 is 11.8 Å². The Bertz CT molecular complexity index is 556. The maximum Gasteiger partial charge on any atom is 0.351 e. The van der Waals surface area contributed by atoms with Crippen molar-refractivity contribution in [3.8, 4) is 5.75 Å². The molecule has 1 N–H and O–H groups in total. The molecule has 0 saturated heterocycles. The van der Waals surface area contributed by atoms with Gasteiger partial charge in [-0.25, -0.2) is 4.79 Å². The van der Waals surface area contributed by atoms with Crippen LogP contribution in [0.3, 0.4) is 0 Å². The molecule has 22 heavy (non-hydrogen) atoms. The molecule has 1 aromatic carbocycles. The van der Waals surface area contributed by atoms with E-state index in [1.165, 1.54) is 19.2 Å². The first-order valence-corrected chi connectivity index (χ1v) is 7.17. The van der Waals surface area contributed by atoms with Crippen LogP contribution in [0, 0.1) is 5.92 Å². The van der Waals surface area contributed by atoms with Crippen molar-refractivity contribution in [3.63, 3.8) is 0 Å². The minimum Gasteiger partial charge on any atom is -0.497 e. The zero-order chi connectivity index (χ0) is 17.1. The number of hydrogen-bond acceptors (Lipinski definition) is 5. The van der Waals surface area contributed by atoms with Crippen LogP contribution in [-0.2, 0) is 19.9 Å². The Morgan fingerprint density at radius 3 is 2.23 bits per heavy atom. The number of aliphatic hydroxyl groups is 1. The number of carbonyl (C=O) groups excluding carboxylic acids is 2. The zero-order valence-corrected chi connectivity index (χ0v) is 14.0.